The molecule has 334 valence electrons. The molecule has 4 N–H and O–H groups in total. The maximum atomic E-state index is 12.7. The Morgan fingerprint density at radius 2 is 1.02 bits per heavy atom. The van der Waals surface area contributed by atoms with Gasteiger partial charge in [0.05, 0.1) is 19.8 Å². The Kier molecular flexibility index (Phi) is 41.0. The van der Waals surface area contributed by atoms with Crippen LogP contribution in [0.15, 0.2) is 36.5 Å². The molecule has 0 aromatic heterocycles. The van der Waals surface area contributed by atoms with Crippen molar-refractivity contribution in [1.29, 1.82) is 0 Å². The molecule has 0 aromatic rings. The zero-order valence-electron chi connectivity index (χ0n) is 36.4. The number of hydrogen-bond donors (Lipinski definition) is 3. The maximum absolute atomic E-state index is 12.7. The van der Waals surface area contributed by atoms with E-state index >= 15 is 0 Å². The molecule has 0 aliphatic heterocycles. The number of carbonyl (C=O) groups is 2. The number of allylic oxidation sites excluding steroid dienone is 6. The molecule has 0 amide bonds. The molecule has 0 aromatic carbocycles. The van der Waals surface area contributed by atoms with Crippen molar-refractivity contribution in [2.45, 2.75) is 219 Å². The zero-order valence-corrected chi connectivity index (χ0v) is 37.3. The molecule has 0 spiro atoms. The summed E-state index contributed by atoms with van der Waals surface area (Å²) in [5.74, 6) is -1.78. The molecule has 11 heteroatoms. The van der Waals surface area contributed by atoms with Gasteiger partial charge in [0.25, 0.3) is 0 Å². The number of aliphatic carboxylic acids is 1. The number of phosphoric acid groups is 1. The number of phosphoric ester groups is 1. The first-order chi connectivity index (χ1) is 27.7. The lowest BCUT2D eigenvalue weighted by molar-refractivity contribution is -0.154. The van der Waals surface area contributed by atoms with Gasteiger partial charge in [0.1, 0.15) is 12.1 Å². The first-order valence-electron chi connectivity index (χ1n) is 23.0. The van der Waals surface area contributed by atoms with E-state index in [4.69, 9.17) is 29.4 Å². The van der Waals surface area contributed by atoms with Gasteiger partial charge in [-0.1, -0.05) is 192 Å². The highest BCUT2D eigenvalue weighted by molar-refractivity contribution is 7.47. The third kappa shape index (κ3) is 42.1. The van der Waals surface area contributed by atoms with E-state index < -0.39 is 45.1 Å². The highest BCUT2D eigenvalue weighted by atomic mass is 31.2. The SMILES string of the molecule is CC/C=C\C/C=C\C/C=C\CCCCCCOCC(COP(=O)(O)OCC(N)C(=O)O)OC(=O)CCCCCCCCCCCCCCCCCCCCCCC. The molecule has 0 aliphatic rings. The second-order valence-electron chi connectivity index (χ2n) is 15.5. The number of esters is 1. The average molecular weight is 828 g/mol. The maximum Gasteiger partial charge on any atom is 0.472 e. The molecule has 10 nitrogen and oxygen atoms in total. The van der Waals surface area contributed by atoms with Gasteiger partial charge in [0.2, 0.25) is 0 Å². The monoisotopic (exact) mass is 828 g/mol. The summed E-state index contributed by atoms with van der Waals surface area (Å²) in [6, 6.07) is -1.48. The van der Waals surface area contributed by atoms with Crippen molar-refractivity contribution in [2.75, 3.05) is 26.4 Å². The lowest BCUT2D eigenvalue weighted by atomic mass is 10.0. The highest BCUT2D eigenvalue weighted by Crippen LogP contribution is 2.43. The van der Waals surface area contributed by atoms with Crippen molar-refractivity contribution in [3.8, 4) is 0 Å². The van der Waals surface area contributed by atoms with Crippen LogP contribution in [-0.2, 0) is 32.7 Å². The molecule has 57 heavy (non-hydrogen) atoms. The van der Waals surface area contributed by atoms with Crippen molar-refractivity contribution < 1.29 is 42.7 Å². The number of unbranched alkanes of at least 4 members (excludes halogenated alkanes) is 24. The summed E-state index contributed by atoms with van der Waals surface area (Å²) < 4.78 is 33.4. The number of carboxylic acids is 1. The lowest BCUT2D eigenvalue weighted by Gasteiger charge is -2.20. The summed E-state index contributed by atoms with van der Waals surface area (Å²) in [4.78, 5) is 33.6. The normalized spacial score (nSPS) is 14.2. The number of nitrogens with two attached hydrogens (primary N) is 1. The minimum Gasteiger partial charge on any atom is -0.480 e. The Morgan fingerprint density at radius 1 is 0.579 bits per heavy atom. The number of ether oxygens (including phenoxy) is 2. The summed E-state index contributed by atoms with van der Waals surface area (Å²) in [5.41, 5.74) is 5.36. The predicted molar refractivity (Wildman–Crippen MR) is 235 cm³/mol. The fraction of sp³-hybridized carbons (Fsp3) is 0.826. The molecule has 0 heterocycles. The number of rotatable bonds is 44. The van der Waals surface area contributed by atoms with Crippen molar-refractivity contribution in [3.05, 3.63) is 36.5 Å². The van der Waals surface area contributed by atoms with Crippen LogP contribution in [0.3, 0.4) is 0 Å². The summed E-state index contributed by atoms with van der Waals surface area (Å²) in [6.45, 7) is 3.74. The van der Waals surface area contributed by atoms with Crippen LogP contribution in [0.1, 0.15) is 206 Å². The third-order valence-corrected chi connectivity index (χ3v) is 10.9. The van der Waals surface area contributed by atoms with Gasteiger partial charge in [-0.05, 0) is 44.9 Å². The molecule has 0 saturated heterocycles. The van der Waals surface area contributed by atoms with Gasteiger partial charge in [0, 0.05) is 13.0 Å². The van der Waals surface area contributed by atoms with E-state index in [1.165, 1.54) is 116 Å². The van der Waals surface area contributed by atoms with E-state index in [9.17, 15) is 19.0 Å². The molecule has 0 bridgehead atoms. The fourth-order valence-electron chi connectivity index (χ4n) is 6.38. The lowest BCUT2D eigenvalue weighted by Crippen LogP contribution is -2.34. The van der Waals surface area contributed by atoms with Crippen LogP contribution < -0.4 is 5.73 Å². The Bertz CT molecular complexity index is 1050. The Hall–Kier alpha value is -1.81. The van der Waals surface area contributed by atoms with Crippen LogP contribution in [-0.4, -0.2) is 60.5 Å². The second-order valence-corrected chi connectivity index (χ2v) is 17.0. The second kappa shape index (κ2) is 42.3. The molecule has 0 fully saturated rings. The largest absolute Gasteiger partial charge is 0.480 e. The molecule has 0 saturated carbocycles. The van der Waals surface area contributed by atoms with E-state index in [0.29, 0.717) is 13.0 Å². The van der Waals surface area contributed by atoms with Crippen molar-refractivity contribution >= 4 is 19.8 Å². The van der Waals surface area contributed by atoms with Gasteiger partial charge in [-0.25, -0.2) is 4.57 Å². The van der Waals surface area contributed by atoms with Gasteiger partial charge in [-0.15, -0.1) is 0 Å². The van der Waals surface area contributed by atoms with E-state index in [2.05, 4.69) is 50.3 Å². The van der Waals surface area contributed by atoms with Crippen molar-refractivity contribution in [1.82, 2.24) is 0 Å². The minimum absolute atomic E-state index is 0.00415. The molecule has 0 radical (unpaired) electrons. The minimum atomic E-state index is -4.62. The topological polar surface area (TPSA) is 155 Å². The van der Waals surface area contributed by atoms with Gasteiger partial charge >= 0.3 is 19.8 Å². The third-order valence-electron chi connectivity index (χ3n) is 9.93. The standard InChI is InChI=1S/C46H86NO9P/c1-3-5-7-9-11-13-15-17-19-20-21-22-23-24-25-26-28-30-32-34-36-38-45(48)56-43(41-54-57(51,52)55-42-44(47)46(49)50)40-53-39-37-35-33-31-29-27-18-16-14-12-10-8-6-4-2/h6,8,12,14,18,27,43-44H,3-5,7,9-11,13,15-17,19-26,28-42,47H2,1-2H3,(H,49,50)(H,51,52)/b8-6-,14-12-,27-18-. The Balaban J connectivity index is 4.16. The van der Waals surface area contributed by atoms with Crippen molar-refractivity contribution in [2.24, 2.45) is 5.73 Å². The van der Waals surface area contributed by atoms with Gasteiger partial charge in [-0.2, -0.15) is 0 Å². The summed E-state index contributed by atoms with van der Waals surface area (Å²) >= 11 is 0. The smallest absolute Gasteiger partial charge is 0.472 e. The number of hydrogen-bond acceptors (Lipinski definition) is 8. The van der Waals surface area contributed by atoms with Gasteiger partial charge in [-0.3, -0.25) is 18.6 Å². The predicted octanol–water partition coefficient (Wildman–Crippen LogP) is 12.9. The fourth-order valence-corrected chi connectivity index (χ4v) is 7.16. The Morgan fingerprint density at radius 3 is 1.53 bits per heavy atom. The van der Waals surface area contributed by atoms with Crippen LogP contribution in [0.5, 0.6) is 0 Å². The van der Waals surface area contributed by atoms with Crippen molar-refractivity contribution in [3.63, 3.8) is 0 Å². The van der Waals surface area contributed by atoms with Crippen LogP contribution in [0, 0.1) is 0 Å². The van der Waals surface area contributed by atoms with Crippen LogP contribution in [0.4, 0.5) is 0 Å². The summed E-state index contributed by atoms with van der Waals surface area (Å²) in [6.07, 6.45) is 47.8. The number of carbonyl (C=O) groups excluding carboxylic acids is 1. The first kappa shape index (κ1) is 55.2. The zero-order chi connectivity index (χ0) is 41.9. The van der Waals surface area contributed by atoms with Crippen LogP contribution >= 0.6 is 7.82 Å². The van der Waals surface area contributed by atoms with Crippen LogP contribution in [0.2, 0.25) is 0 Å². The summed E-state index contributed by atoms with van der Waals surface area (Å²) in [5, 5.41) is 8.90. The highest BCUT2D eigenvalue weighted by Gasteiger charge is 2.27. The Labute approximate surface area is 348 Å². The van der Waals surface area contributed by atoms with E-state index in [0.717, 1.165) is 64.2 Å². The summed E-state index contributed by atoms with van der Waals surface area (Å²) in [7, 11) is -4.62. The van der Waals surface area contributed by atoms with E-state index in [1.807, 2.05) is 0 Å². The molecular weight excluding hydrogens is 741 g/mol. The first-order valence-corrected chi connectivity index (χ1v) is 24.5. The van der Waals surface area contributed by atoms with E-state index in [1.54, 1.807) is 0 Å². The quantitative estimate of drug-likeness (QED) is 0.0234. The molecule has 3 atom stereocenters. The average Bonchev–Trinajstić information content (AvgIpc) is 3.19. The van der Waals surface area contributed by atoms with Crippen LogP contribution in [0.25, 0.3) is 0 Å². The molecule has 0 aliphatic carbocycles. The number of carboxylic acid groups (broad SMARTS) is 1. The van der Waals surface area contributed by atoms with Gasteiger partial charge in [0.15, 0.2) is 0 Å². The molecule has 0 rings (SSSR count). The van der Waals surface area contributed by atoms with E-state index in [-0.39, 0.29) is 13.0 Å². The van der Waals surface area contributed by atoms with Gasteiger partial charge < -0.3 is 25.2 Å². The molecule has 3 unspecified atom stereocenters. The molecular formula is C46H86NO9P.